The van der Waals surface area contributed by atoms with Crippen molar-refractivity contribution in [2.24, 2.45) is 11.8 Å². The normalized spacial score (nSPS) is 35.6. The highest BCUT2D eigenvalue weighted by molar-refractivity contribution is 7.10. The number of amides is 1. The molecule has 2 aliphatic rings. The molecule has 1 aliphatic heterocycles. The fourth-order valence-electron chi connectivity index (χ4n) is 2.80. The van der Waals surface area contributed by atoms with Gasteiger partial charge in [-0.15, -0.1) is 11.3 Å². The van der Waals surface area contributed by atoms with Gasteiger partial charge >= 0.3 is 0 Å². The molecule has 0 spiro atoms. The van der Waals surface area contributed by atoms with E-state index in [1.54, 1.807) is 11.3 Å². The number of carbonyl (C=O) groups is 1. The Morgan fingerprint density at radius 3 is 2.72 bits per heavy atom. The van der Waals surface area contributed by atoms with Crippen LogP contribution in [-0.2, 0) is 4.79 Å². The molecule has 3 nitrogen and oxygen atoms in total. The van der Waals surface area contributed by atoms with Gasteiger partial charge in [-0.1, -0.05) is 26.8 Å². The molecule has 18 heavy (non-hydrogen) atoms. The van der Waals surface area contributed by atoms with E-state index in [2.05, 4.69) is 48.5 Å². The number of carbonyl (C=O) groups excluding carboxylic acids is 1. The molecule has 1 aliphatic carbocycles. The third-order valence-electron chi connectivity index (χ3n) is 4.04. The number of nitrogens with zero attached hydrogens (tertiary/aromatic N) is 1. The molecule has 4 unspecified atom stereocenters. The van der Waals surface area contributed by atoms with E-state index in [9.17, 15) is 4.79 Å². The van der Waals surface area contributed by atoms with Crippen molar-refractivity contribution in [3.63, 3.8) is 0 Å². The van der Waals surface area contributed by atoms with Crippen LogP contribution < -0.4 is 5.32 Å². The molecule has 1 amide bonds. The van der Waals surface area contributed by atoms with Crippen molar-refractivity contribution in [1.82, 2.24) is 10.2 Å². The summed E-state index contributed by atoms with van der Waals surface area (Å²) in [6.45, 7) is 6.45. The lowest BCUT2D eigenvalue weighted by Crippen LogP contribution is -2.35. The van der Waals surface area contributed by atoms with E-state index in [1.807, 2.05) is 0 Å². The SMILES string of the molecule is CC(C)C1NC(c2cccs2)N(C2CC2C)C1=O. The maximum Gasteiger partial charge on any atom is 0.241 e. The van der Waals surface area contributed by atoms with Gasteiger partial charge in [-0.2, -0.15) is 0 Å². The monoisotopic (exact) mass is 264 g/mol. The summed E-state index contributed by atoms with van der Waals surface area (Å²) >= 11 is 1.73. The maximum atomic E-state index is 12.5. The molecule has 1 N–H and O–H groups in total. The summed E-state index contributed by atoms with van der Waals surface area (Å²) in [4.78, 5) is 15.9. The molecule has 4 heteroatoms. The molecular formula is C14H20N2OS. The lowest BCUT2D eigenvalue weighted by Gasteiger charge is -2.23. The Balaban J connectivity index is 1.89. The van der Waals surface area contributed by atoms with Crippen LogP contribution in [0.4, 0.5) is 0 Å². The molecule has 1 saturated carbocycles. The van der Waals surface area contributed by atoms with Gasteiger partial charge < -0.3 is 4.90 Å². The van der Waals surface area contributed by atoms with Gasteiger partial charge in [0.2, 0.25) is 5.91 Å². The van der Waals surface area contributed by atoms with Crippen LogP contribution in [0.5, 0.6) is 0 Å². The number of nitrogens with one attached hydrogen (secondary N) is 1. The number of hydrogen-bond donors (Lipinski definition) is 1. The van der Waals surface area contributed by atoms with Gasteiger partial charge in [-0.05, 0) is 29.7 Å². The van der Waals surface area contributed by atoms with Gasteiger partial charge in [-0.3, -0.25) is 10.1 Å². The van der Waals surface area contributed by atoms with Gasteiger partial charge in [0.15, 0.2) is 0 Å². The molecule has 0 radical (unpaired) electrons. The quantitative estimate of drug-likeness (QED) is 0.910. The molecule has 4 atom stereocenters. The minimum atomic E-state index is -0.0232. The standard InChI is InChI=1S/C14H20N2OS/c1-8(2)12-14(17)16(10-7-9(10)3)13(15-12)11-5-4-6-18-11/h4-6,8-10,12-13,15H,7H2,1-3H3. The summed E-state index contributed by atoms with van der Waals surface area (Å²) < 4.78 is 0. The zero-order valence-electron chi connectivity index (χ0n) is 11.1. The summed E-state index contributed by atoms with van der Waals surface area (Å²) in [5, 5.41) is 5.60. The van der Waals surface area contributed by atoms with Crippen LogP contribution in [0, 0.1) is 11.8 Å². The molecule has 1 aromatic heterocycles. The summed E-state index contributed by atoms with van der Waals surface area (Å²) in [7, 11) is 0. The first-order valence-electron chi connectivity index (χ1n) is 6.71. The van der Waals surface area contributed by atoms with Crippen LogP contribution in [0.2, 0.25) is 0 Å². The Labute approximate surface area is 112 Å². The molecule has 1 aromatic rings. The predicted molar refractivity (Wildman–Crippen MR) is 73.2 cm³/mol. The van der Waals surface area contributed by atoms with Crippen molar-refractivity contribution in [3.05, 3.63) is 22.4 Å². The smallest absolute Gasteiger partial charge is 0.241 e. The molecule has 3 rings (SSSR count). The Hall–Kier alpha value is -0.870. The van der Waals surface area contributed by atoms with E-state index in [0.717, 1.165) is 6.42 Å². The first-order chi connectivity index (χ1) is 8.59. The van der Waals surface area contributed by atoms with E-state index in [0.29, 0.717) is 17.9 Å². The minimum Gasteiger partial charge on any atom is -0.317 e. The third-order valence-corrected chi connectivity index (χ3v) is 4.96. The summed E-state index contributed by atoms with van der Waals surface area (Å²) in [5.74, 6) is 1.29. The largest absolute Gasteiger partial charge is 0.317 e. The van der Waals surface area contributed by atoms with E-state index < -0.39 is 0 Å². The maximum absolute atomic E-state index is 12.5. The topological polar surface area (TPSA) is 32.3 Å². The molecule has 0 aromatic carbocycles. The van der Waals surface area contributed by atoms with E-state index in [-0.39, 0.29) is 18.1 Å². The molecule has 2 fully saturated rings. The van der Waals surface area contributed by atoms with Crippen molar-refractivity contribution < 1.29 is 4.79 Å². The van der Waals surface area contributed by atoms with Crippen LogP contribution in [0.25, 0.3) is 0 Å². The summed E-state index contributed by atoms with van der Waals surface area (Å²) in [6.07, 6.45) is 1.25. The second-order valence-electron chi connectivity index (χ2n) is 5.83. The minimum absolute atomic E-state index is 0.0232. The van der Waals surface area contributed by atoms with E-state index >= 15 is 0 Å². The van der Waals surface area contributed by atoms with Crippen LogP contribution in [0.3, 0.4) is 0 Å². The van der Waals surface area contributed by atoms with Crippen LogP contribution in [0.15, 0.2) is 17.5 Å². The van der Waals surface area contributed by atoms with Crippen LogP contribution in [0.1, 0.15) is 38.2 Å². The van der Waals surface area contributed by atoms with Crippen molar-refractivity contribution >= 4 is 17.2 Å². The van der Waals surface area contributed by atoms with Crippen LogP contribution in [-0.4, -0.2) is 22.9 Å². The van der Waals surface area contributed by atoms with Crippen molar-refractivity contribution in [1.29, 1.82) is 0 Å². The second-order valence-corrected chi connectivity index (χ2v) is 6.81. The number of hydrogen-bond acceptors (Lipinski definition) is 3. The molecule has 98 valence electrons. The van der Waals surface area contributed by atoms with Gasteiger partial charge in [0, 0.05) is 10.9 Å². The molecule has 2 heterocycles. The highest BCUT2D eigenvalue weighted by atomic mass is 32.1. The van der Waals surface area contributed by atoms with Crippen molar-refractivity contribution in [3.8, 4) is 0 Å². The lowest BCUT2D eigenvalue weighted by molar-refractivity contribution is -0.131. The third kappa shape index (κ3) is 1.88. The van der Waals surface area contributed by atoms with Gasteiger partial charge in [0.1, 0.15) is 6.17 Å². The van der Waals surface area contributed by atoms with Crippen molar-refractivity contribution in [2.45, 2.75) is 45.4 Å². The highest BCUT2D eigenvalue weighted by Gasteiger charge is 2.51. The van der Waals surface area contributed by atoms with Gasteiger partial charge in [0.25, 0.3) is 0 Å². The number of thiophene rings is 1. The van der Waals surface area contributed by atoms with Crippen molar-refractivity contribution in [2.75, 3.05) is 0 Å². The van der Waals surface area contributed by atoms with Gasteiger partial charge in [0.05, 0.1) is 6.04 Å². The van der Waals surface area contributed by atoms with E-state index in [4.69, 9.17) is 0 Å². The Morgan fingerprint density at radius 1 is 1.50 bits per heavy atom. The molecule has 1 saturated heterocycles. The average Bonchev–Trinajstić information content (AvgIpc) is 2.79. The van der Waals surface area contributed by atoms with Gasteiger partial charge in [-0.25, -0.2) is 0 Å². The lowest BCUT2D eigenvalue weighted by atomic mass is 10.1. The fourth-order valence-corrected chi connectivity index (χ4v) is 3.58. The van der Waals surface area contributed by atoms with Crippen LogP contribution >= 0.6 is 11.3 Å². The Bertz CT molecular complexity index is 443. The zero-order valence-corrected chi connectivity index (χ0v) is 11.9. The zero-order chi connectivity index (χ0) is 12.9. The second kappa shape index (κ2) is 4.35. The number of rotatable bonds is 3. The summed E-state index contributed by atoms with van der Waals surface area (Å²) in [6, 6.07) is 4.60. The summed E-state index contributed by atoms with van der Waals surface area (Å²) in [5.41, 5.74) is 0. The molecule has 0 bridgehead atoms. The predicted octanol–water partition coefficient (Wildman–Crippen LogP) is 2.61. The first-order valence-corrected chi connectivity index (χ1v) is 7.59. The highest BCUT2D eigenvalue weighted by Crippen LogP contribution is 2.43. The van der Waals surface area contributed by atoms with E-state index in [1.165, 1.54) is 4.88 Å². The fraction of sp³-hybridized carbons (Fsp3) is 0.643. The Morgan fingerprint density at radius 2 is 2.22 bits per heavy atom. The molecular weight excluding hydrogens is 244 g/mol. The average molecular weight is 264 g/mol. The Kier molecular flexibility index (Phi) is 2.94. The first kappa shape index (κ1) is 12.2.